The Morgan fingerprint density at radius 3 is 2.61 bits per heavy atom. The molecule has 18 heavy (non-hydrogen) atoms. The molecule has 4 heteroatoms. The van der Waals surface area contributed by atoms with Gasteiger partial charge in [0.25, 0.3) is 0 Å². The predicted octanol–water partition coefficient (Wildman–Crippen LogP) is 2.26. The van der Waals surface area contributed by atoms with Crippen molar-refractivity contribution in [3.8, 4) is 0 Å². The highest BCUT2D eigenvalue weighted by Gasteiger charge is 2.30. The molecule has 1 atom stereocenters. The Labute approximate surface area is 108 Å². The molecule has 0 heterocycles. The number of rotatable bonds is 5. The third-order valence-electron chi connectivity index (χ3n) is 3.41. The summed E-state index contributed by atoms with van der Waals surface area (Å²) in [5.74, 6) is 0.317. The molecule has 0 spiro atoms. The largest absolute Gasteiger partial charge is 0.294 e. The topological polar surface area (TPSA) is 51.2 Å². The van der Waals surface area contributed by atoms with Crippen LogP contribution in [0, 0.1) is 5.92 Å². The zero-order chi connectivity index (χ0) is 13.2. The van der Waals surface area contributed by atoms with E-state index in [2.05, 4.69) is 0 Å². The Hall–Kier alpha value is -1.16. The first-order valence-electron chi connectivity index (χ1n) is 6.36. The minimum Gasteiger partial charge on any atom is -0.294 e. The van der Waals surface area contributed by atoms with Crippen molar-refractivity contribution >= 4 is 15.6 Å². The van der Waals surface area contributed by atoms with Gasteiger partial charge in [-0.15, -0.1) is 0 Å². The van der Waals surface area contributed by atoms with Gasteiger partial charge >= 0.3 is 0 Å². The number of carbonyl (C=O) groups excluding carboxylic acids is 1. The van der Waals surface area contributed by atoms with E-state index >= 15 is 0 Å². The predicted molar refractivity (Wildman–Crippen MR) is 71.5 cm³/mol. The average Bonchev–Trinajstić information content (AvgIpc) is 2.65. The number of sulfone groups is 1. The van der Waals surface area contributed by atoms with Crippen LogP contribution in [0.4, 0.5) is 0 Å². The van der Waals surface area contributed by atoms with E-state index in [9.17, 15) is 13.2 Å². The lowest BCUT2D eigenvalue weighted by Gasteiger charge is -2.07. The minimum atomic E-state index is -2.98. The molecular weight excluding hydrogens is 248 g/mol. The van der Waals surface area contributed by atoms with Gasteiger partial charge < -0.3 is 0 Å². The Morgan fingerprint density at radius 2 is 1.94 bits per heavy atom. The summed E-state index contributed by atoms with van der Waals surface area (Å²) >= 11 is 0. The molecule has 0 amide bonds. The van der Waals surface area contributed by atoms with Gasteiger partial charge in [-0.1, -0.05) is 31.2 Å². The molecular formula is C14H18O3S. The summed E-state index contributed by atoms with van der Waals surface area (Å²) in [5.41, 5.74) is 1.83. The van der Waals surface area contributed by atoms with Crippen LogP contribution in [-0.2, 0) is 16.3 Å². The van der Waals surface area contributed by atoms with Crippen molar-refractivity contribution in [1.82, 2.24) is 0 Å². The first kappa shape index (κ1) is 13.3. The van der Waals surface area contributed by atoms with Gasteiger partial charge in [0, 0.05) is 17.2 Å². The summed E-state index contributed by atoms with van der Waals surface area (Å²) in [7, 11) is -2.98. The SMILES string of the molecule is CCCS(=O)(=O)CCC1Cc2ccccc2C1=O. The summed E-state index contributed by atoms with van der Waals surface area (Å²) in [5, 5.41) is 0. The maximum Gasteiger partial charge on any atom is 0.166 e. The summed E-state index contributed by atoms with van der Waals surface area (Å²) in [4.78, 5) is 12.1. The highest BCUT2D eigenvalue weighted by atomic mass is 32.2. The number of Topliss-reactive ketones (excluding diaryl/α,β-unsaturated/α-hetero) is 1. The van der Waals surface area contributed by atoms with Crippen molar-refractivity contribution in [3.05, 3.63) is 35.4 Å². The van der Waals surface area contributed by atoms with Crippen LogP contribution in [0.5, 0.6) is 0 Å². The smallest absolute Gasteiger partial charge is 0.166 e. The van der Waals surface area contributed by atoms with Crippen molar-refractivity contribution in [2.24, 2.45) is 5.92 Å². The molecule has 0 aliphatic heterocycles. The highest BCUT2D eigenvalue weighted by Crippen LogP contribution is 2.28. The second kappa shape index (κ2) is 5.22. The molecule has 0 fully saturated rings. The fraction of sp³-hybridized carbons (Fsp3) is 0.500. The van der Waals surface area contributed by atoms with Crippen LogP contribution < -0.4 is 0 Å². The van der Waals surface area contributed by atoms with Crippen LogP contribution >= 0.6 is 0 Å². The Bertz CT molecular complexity index is 546. The molecule has 0 aromatic heterocycles. The summed E-state index contributed by atoms with van der Waals surface area (Å²) in [6.07, 6.45) is 1.79. The van der Waals surface area contributed by atoms with E-state index < -0.39 is 9.84 Å². The molecule has 0 radical (unpaired) electrons. The molecule has 0 saturated heterocycles. The first-order valence-corrected chi connectivity index (χ1v) is 8.18. The third-order valence-corrected chi connectivity index (χ3v) is 5.30. The lowest BCUT2D eigenvalue weighted by Crippen LogP contribution is -2.17. The summed E-state index contributed by atoms with van der Waals surface area (Å²) in [6, 6.07) is 7.56. The second-order valence-electron chi connectivity index (χ2n) is 4.86. The first-order chi connectivity index (χ1) is 8.53. The van der Waals surface area contributed by atoms with Gasteiger partial charge in [-0.05, 0) is 24.8 Å². The molecule has 0 saturated carbocycles. The number of benzene rings is 1. The molecule has 3 nitrogen and oxygen atoms in total. The number of fused-ring (bicyclic) bond motifs is 1. The molecule has 1 unspecified atom stereocenters. The number of hydrogen-bond acceptors (Lipinski definition) is 3. The lowest BCUT2D eigenvalue weighted by atomic mass is 10.0. The van der Waals surface area contributed by atoms with Gasteiger partial charge in [0.05, 0.1) is 5.75 Å². The monoisotopic (exact) mass is 266 g/mol. The van der Waals surface area contributed by atoms with Crippen molar-refractivity contribution in [2.45, 2.75) is 26.2 Å². The van der Waals surface area contributed by atoms with E-state index in [0.717, 1.165) is 11.1 Å². The fourth-order valence-corrected chi connectivity index (χ4v) is 3.95. The van der Waals surface area contributed by atoms with Crippen LogP contribution in [-0.4, -0.2) is 25.7 Å². The van der Waals surface area contributed by atoms with E-state index in [4.69, 9.17) is 0 Å². The Balaban J connectivity index is 2.01. The minimum absolute atomic E-state index is 0.109. The van der Waals surface area contributed by atoms with Crippen molar-refractivity contribution in [1.29, 1.82) is 0 Å². The maximum absolute atomic E-state index is 12.1. The fourth-order valence-electron chi connectivity index (χ4n) is 2.48. The third kappa shape index (κ3) is 2.80. The van der Waals surface area contributed by atoms with Crippen LogP contribution in [0.3, 0.4) is 0 Å². The van der Waals surface area contributed by atoms with Crippen molar-refractivity contribution in [2.75, 3.05) is 11.5 Å². The van der Waals surface area contributed by atoms with Gasteiger partial charge in [0.1, 0.15) is 9.84 Å². The van der Waals surface area contributed by atoms with Crippen LogP contribution in [0.15, 0.2) is 24.3 Å². The second-order valence-corrected chi connectivity index (χ2v) is 7.17. The zero-order valence-corrected chi connectivity index (χ0v) is 11.4. The number of hydrogen-bond donors (Lipinski definition) is 0. The zero-order valence-electron chi connectivity index (χ0n) is 10.6. The molecule has 2 rings (SSSR count). The molecule has 98 valence electrons. The Kier molecular flexibility index (Phi) is 3.85. The number of ketones is 1. The lowest BCUT2D eigenvalue weighted by molar-refractivity contribution is 0.0934. The van der Waals surface area contributed by atoms with Gasteiger partial charge in [-0.25, -0.2) is 8.42 Å². The van der Waals surface area contributed by atoms with Gasteiger partial charge in [0.15, 0.2) is 5.78 Å². The standard InChI is InChI=1S/C14H18O3S/c1-2-8-18(16,17)9-7-12-10-11-5-3-4-6-13(11)14(12)15/h3-6,12H,2,7-10H2,1H3. The van der Waals surface area contributed by atoms with E-state index in [1.54, 1.807) is 0 Å². The van der Waals surface area contributed by atoms with E-state index in [1.165, 1.54) is 0 Å². The van der Waals surface area contributed by atoms with Crippen molar-refractivity contribution in [3.63, 3.8) is 0 Å². The summed E-state index contributed by atoms with van der Waals surface area (Å²) in [6.45, 7) is 1.86. The van der Waals surface area contributed by atoms with Crippen LogP contribution in [0.25, 0.3) is 0 Å². The van der Waals surface area contributed by atoms with Crippen LogP contribution in [0.2, 0.25) is 0 Å². The molecule has 1 aromatic carbocycles. The van der Waals surface area contributed by atoms with Crippen LogP contribution in [0.1, 0.15) is 35.7 Å². The van der Waals surface area contributed by atoms with Gasteiger partial charge in [0.2, 0.25) is 0 Å². The molecule has 0 bridgehead atoms. The van der Waals surface area contributed by atoms with Gasteiger partial charge in [-0.3, -0.25) is 4.79 Å². The molecule has 1 aliphatic carbocycles. The normalized spacial score (nSPS) is 18.9. The maximum atomic E-state index is 12.1. The van der Waals surface area contributed by atoms with Crippen molar-refractivity contribution < 1.29 is 13.2 Å². The molecule has 1 aromatic rings. The van der Waals surface area contributed by atoms with E-state index in [0.29, 0.717) is 19.3 Å². The summed E-state index contributed by atoms with van der Waals surface area (Å²) < 4.78 is 23.3. The number of carbonyl (C=O) groups is 1. The van der Waals surface area contributed by atoms with Gasteiger partial charge in [-0.2, -0.15) is 0 Å². The molecule has 1 aliphatic rings. The Morgan fingerprint density at radius 1 is 1.22 bits per heavy atom. The average molecular weight is 266 g/mol. The highest BCUT2D eigenvalue weighted by molar-refractivity contribution is 7.91. The van der Waals surface area contributed by atoms with E-state index in [1.807, 2.05) is 31.2 Å². The quantitative estimate of drug-likeness (QED) is 0.821. The molecule has 0 N–H and O–H groups in total. The van der Waals surface area contributed by atoms with E-state index in [-0.39, 0.29) is 23.2 Å².